The van der Waals surface area contributed by atoms with Gasteiger partial charge in [-0.2, -0.15) is 0 Å². The zero-order valence-corrected chi connectivity index (χ0v) is 14.6. The van der Waals surface area contributed by atoms with E-state index in [-0.39, 0.29) is 12.5 Å². The third-order valence-corrected chi connectivity index (χ3v) is 3.82. The number of halogens is 1. The molecule has 126 valence electrons. The SMILES string of the molecule is CC(C)CCOC(=O)CN1C(=O)C(C)(C)Oc2ccc(Cl)cc21. The highest BCUT2D eigenvalue weighted by molar-refractivity contribution is 6.31. The molecule has 1 aliphatic rings. The molecular formula is C17H22ClNO4. The third-order valence-electron chi connectivity index (χ3n) is 3.58. The second kappa shape index (κ2) is 6.79. The van der Waals surface area contributed by atoms with E-state index in [2.05, 4.69) is 13.8 Å². The van der Waals surface area contributed by atoms with Crippen LogP contribution in [0.15, 0.2) is 18.2 Å². The monoisotopic (exact) mass is 339 g/mol. The predicted octanol–water partition coefficient (Wildman–Crippen LogP) is 3.43. The van der Waals surface area contributed by atoms with Gasteiger partial charge in [0.15, 0.2) is 5.60 Å². The Balaban J connectivity index is 2.17. The van der Waals surface area contributed by atoms with Crippen molar-refractivity contribution in [3.8, 4) is 5.75 Å². The van der Waals surface area contributed by atoms with Gasteiger partial charge in [-0.05, 0) is 44.4 Å². The van der Waals surface area contributed by atoms with Crippen molar-refractivity contribution >= 4 is 29.2 Å². The standard InChI is InChI=1S/C17H22ClNO4/c1-11(2)7-8-22-15(20)10-19-13-9-12(18)5-6-14(13)23-17(3,4)16(19)21/h5-6,9,11H,7-8,10H2,1-4H3. The smallest absolute Gasteiger partial charge is 0.326 e. The number of hydrogen-bond donors (Lipinski definition) is 0. The second-order valence-electron chi connectivity index (χ2n) is 6.52. The summed E-state index contributed by atoms with van der Waals surface area (Å²) in [4.78, 5) is 26.0. The average Bonchev–Trinajstić information content (AvgIpc) is 2.44. The summed E-state index contributed by atoms with van der Waals surface area (Å²) >= 11 is 6.01. The lowest BCUT2D eigenvalue weighted by atomic mass is 10.0. The largest absolute Gasteiger partial charge is 0.476 e. The minimum Gasteiger partial charge on any atom is -0.476 e. The van der Waals surface area contributed by atoms with Crippen LogP contribution in [0.1, 0.15) is 34.1 Å². The molecule has 0 atom stereocenters. The third kappa shape index (κ3) is 4.16. The van der Waals surface area contributed by atoms with Gasteiger partial charge < -0.3 is 9.47 Å². The molecule has 0 saturated carbocycles. The van der Waals surface area contributed by atoms with Crippen molar-refractivity contribution < 1.29 is 19.1 Å². The van der Waals surface area contributed by atoms with Gasteiger partial charge in [0.05, 0.1) is 12.3 Å². The van der Waals surface area contributed by atoms with Crippen molar-refractivity contribution in [3.63, 3.8) is 0 Å². The number of carbonyl (C=O) groups excluding carboxylic acids is 2. The fraction of sp³-hybridized carbons (Fsp3) is 0.529. The molecule has 0 unspecified atom stereocenters. The van der Waals surface area contributed by atoms with Gasteiger partial charge >= 0.3 is 5.97 Å². The molecule has 0 fully saturated rings. The zero-order valence-electron chi connectivity index (χ0n) is 13.9. The summed E-state index contributed by atoms with van der Waals surface area (Å²) in [6.45, 7) is 7.64. The lowest BCUT2D eigenvalue weighted by Crippen LogP contribution is -2.54. The van der Waals surface area contributed by atoms with E-state index in [0.29, 0.717) is 29.0 Å². The quantitative estimate of drug-likeness (QED) is 0.771. The van der Waals surface area contributed by atoms with Crippen molar-refractivity contribution in [2.75, 3.05) is 18.1 Å². The number of esters is 1. The van der Waals surface area contributed by atoms with Crippen molar-refractivity contribution in [1.29, 1.82) is 0 Å². The Morgan fingerprint density at radius 2 is 2.09 bits per heavy atom. The van der Waals surface area contributed by atoms with E-state index in [9.17, 15) is 9.59 Å². The molecule has 0 spiro atoms. The van der Waals surface area contributed by atoms with Crippen molar-refractivity contribution in [1.82, 2.24) is 0 Å². The first-order chi connectivity index (χ1) is 10.7. The van der Waals surface area contributed by atoms with E-state index in [4.69, 9.17) is 21.1 Å². The van der Waals surface area contributed by atoms with Crippen LogP contribution in [0.4, 0.5) is 5.69 Å². The molecule has 1 aromatic carbocycles. The molecule has 23 heavy (non-hydrogen) atoms. The van der Waals surface area contributed by atoms with Gasteiger partial charge in [-0.3, -0.25) is 14.5 Å². The summed E-state index contributed by atoms with van der Waals surface area (Å²) in [6, 6.07) is 5.00. The number of rotatable bonds is 5. The second-order valence-corrected chi connectivity index (χ2v) is 6.96. The summed E-state index contributed by atoms with van der Waals surface area (Å²) in [7, 11) is 0. The number of anilines is 1. The molecule has 2 rings (SSSR count). The Kier molecular flexibility index (Phi) is 5.19. The number of benzene rings is 1. The Morgan fingerprint density at radius 3 is 2.74 bits per heavy atom. The minimum absolute atomic E-state index is 0.156. The predicted molar refractivity (Wildman–Crippen MR) is 88.9 cm³/mol. The van der Waals surface area contributed by atoms with Gasteiger partial charge in [0.1, 0.15) is 12.3 Å². The maximum atomic E-state index is 12.6. The average molecular weight is 340 g/mol. The molecule has 0 aliphatic carbocycles. The Bertz CT molecular complexity index is 613. The molecule has 5 nitrogen and oxygen atoms in total. The normalized spacial score (nSPS) is 16.1. The summed E-state index contributed by atoms with van der Waals surface area (Å²) in [6.07, 6.45) is 0.788. The highest BCUT2D eigenvalue weighted by atomic mass is 35.5. The molecule has 0 aromatic heterocycles. The van der Waals surface area contributed by atoms with Gasteiger partial charge in [-0.25, -0.2) is 0 Å². The first-order valence-electron chi connectivity index (χ1n) is 7.67. The number of carbonyl (C=O) groups is 2. The van der Waals surface area contributed by atoms with Gasteiger partial charge in [0.2, 0.25) is 0 Å². The Labute approximate surface area is 141 Å². The molecule has 1 amide bonds. The van der Waals surface area contributed by atoms with Crippen molar-refractivity contribution in [2.45, 2.75) is 39.7 Å². The van der Waals surface area contributed by atoms with E-state index in [1.54, 1.807) is 32.0 Å². The van der Waals surface area contributed by atoms with Gasteiger partial charge in [-0.15, -0.1) is 0 Å². The van der Waals surface area contributed by atoms with Crippen LogP contribution >= 0.6 is 11.6 Å². The highest BCUT2D eigenvalue weighted by Crippen LogP contribution is 2.39. The van der Waals surface area contributed by atoms with E-state index >= 15 is 0 Å². The molecule has 1 aliphatic heterocycles. The first kappa shape index (κ1) is 17.6. The molecule has 6 heteroatoms. The highest BCUT2D eigenvalue weighted by Gasteiger charge is 2.41. The molecule has 1 aromatic rings. The molecular weight excluding hydrogens is 318 g/mol. The van der Waals surface area contributed by atoms with Crippen LogP contribution in [-0.4, -0.2) is 30.6 Å². The maximum absolute atomic E-state index is 12.6. The van der Waals surface area contributed by atoms with Gasteiger partial charge in [0.25, 0.3) is 5.91 Å². The van der Waals surface area contributed by atoms with Crippen LogP contribution in [0.3, 0.4) is 0 Å². The van der Waals surface area contributed by atoms with E-state index in [0.717, 1.165) is 6.42 Å². The minimum atomic E-state index is -1.04. The number of ether oxygens (including phenoxy) is 2. The first-order valence-corrected chi connectivity index (χ1v) is 8.04. The van der Waals surface area contributed by atoms with Crippen LogP contribution in [-0.2, 0) is 14.3 Å². The lowest BCUT2D eigenvalue weighted by Gasteiger charge is -2.38. The van der Waals surface area contributed by atoms with Gasteiger partial charge in [0, 0.05) is 5.02 Å². The molecule has 0 N–H and O–H groups in total. The van der Waals surface area contributed by atoms with E-state index in [1.165, 1.54) is 4.90 Å². The topological polar surface area (TPSA) is 55.8 Å². The number of nitrogens with zero attached hydrogens (tertiary/aromatic N) is 1. The maximum Gasteiger partial charge on any atom is 0.326 e. The van der Waals surface area contributed by atoms with Crippen molar-refractivity contribution in [2.24, 2.45) is 5.92 Å². The number of amides is 1. The zero-order chi connectivity index (χ0) is 17.2. The van der Waals surface area contributed by atoms with E-state index < -0.39 is 11.6 Å². The Morgan fingerprint density at radius 1 is 1.39 bits per heavy atom. The molecule has 0 saturated heterocycles. The molecule has 0 radical (unpaired) electrons. The van der Waals surface area contributed by atoms with Crippen molar-refractivity contribution in [3.05, 3.63) is 23.2 Å². The lowest BCUT2D eigenvalue weighted by molar-refractivity contribution is -0.144. The van der Waals surface area contributed by atoms with Crippen LogP contribution in [0.2, 0.25) is 5.02 Å². The molecule has 0 bridgehead atoms. The summed E-state index contributed by atoms with van der Waals surface area (Å²) in [5, 5.41) is 0.470. The van der Waals surface area contributed by atoms with Crippen LogP contribution in [0.25, 0.3) is 0 Å². The van der Waals surface area contributed by atoms with Crippen LogP contribution in [0, 0.1) is 5.92 Å². The summed E-state index contributed by atoms with van der Waals surface area (Å²) in [5.41, 5.74) is -0.554. The van der Waals surface area contributed by atoms with Gasteiger partial charge in [-0.1, -0.05) is 25.4 Å². The van der Waals surface area contributed by atoms with Crippen LogP contribution < -0.4 is 9.64 Å². The Hall–Kier alpha value is -1.75. The van der Waals surface area contributed by atoms with E-state index in [1.807, 2.05) is 0 Å². The fourth-order valence-electron chi connectivity index (χ4n) is 2.28. The molecule has 1 heterocycles. The fourth-order valence-corrected chi connectivity index (χ4v) is 2.45. The van der Waals surface area contributed by atoms with Crippen LogP contribution in [0.5, 0.6) is 5.75 Å². The summed E-state index contributed by atoms with van der Waals surface area (Å²) < 4.78 is 10.9. The number of hydrogen-bond acceptors (Lipinski definition) is 4. The summed E-state index contributed by atoms with van der Waals surface area (Å²) in [5.74, 6) is 0.232. The number of fused-ring (bicyclic) bond motifs is 1.